The zero-order valence-corrected chi connectivity index (χ0v) is 14.0. The van der Waals surface area contributed by atoms with Gasteiger partial charge in [0, 0.05) is 10.9 Å². The van der Waals surface area contributed by atoms with E-state index in [0.29, 0.717) is 0 Å². The number of ether oxygens (including phenoxy) is 1. The highest BCUT2D eigenvalue weighted by Gasteiger charge is 2.09. The summed E-state index contributed by atoms with van der Waals surface area (Å²) in [5, 5.41) is 0. The third-order valence-electron chi connectivity index (χ3n) is 3.22. The van der Waals surface area contributed by atoms with Crippen LogP contribution in [0.4, 0.5) is 0 Å². The first-order valence-electron chi connectivity index (χ1n) is 6.36. The maximum absolute atomic E-state index is 6.29. The number of halogens is 1. The summed E-state index contributed by atoms with van der Waals surface area (Å²) in [6.45, 7) is 0. The number of benzene rings is 2. The Kier molecular flexibility index (Phi) is 5.52. The number of methoxy groups -OCH3 is 1. The van der Waals surface area contributed by atoms with Crippen molar-refractivity contribution in [2.75, 3.05) is 13.4 Å². The second-order valence-electron chi connectivity index (χ2n) is 4.55. The van der Waals surface area contributed by atoms with Crippen LogP contribution in [0.15, 0.2) is 51.8 Å². The molecule has 0 amide bonds. The molecule has 0 saturated carbocycles. The molecule has 0 spiro atoms. The third kappa shape index (κ3) is 3.78. The molecule has 4 heteroatoms. The van der Waals surface area contributed by atoms with Crippen LogP contribution in [0.1, 0.15) is 17.2 Å². The lowest BCUT2D eigenvalue weighted by Gasteiger charge is -2.13. The normalized spacial score (nSPS) is 12.2. The lowest BCUT2D eigenvalue weighted by Crippen LogP contribution is -2.13. The molecule has 0 heterocycles. The predicted octanol–water partition coefficient (Wildman–Crippen LogP) is 4.42. The first kappa shape index (κ1) is 15.4. The average molecular weight is 352 g/mol. The zero-order valence-electron chi connectivity index (χ0n) is 11.6. The van der Waals surface area contributed by atoms with Gasteiger partial charge in [0.05, 0.1) is 11.6 Å². The molecule has 20 heavy (non-hydrogen) atoms. The summed E-state index contributed by atoms with van der Waals surface area (Å²) in [5.41, 5.74) is 8.64. The molecule has 2 nitrogen and oxygen atoms in total. The minimum absolute atomic E-state index is 0.00574. The second kappa shape index (κ2) is 7.16. The molecule has 0 radical (unpaired) electrons. The summed E-state index contributed by atoms with van der Waals surface area (Å²) in [6, 6.07) is 14.5. The Hall–Kier alpha value is -0.970. The van der Waals surface area contributed by atoms with Gasteiger partial charge in [-0.05, 0) is 64.0 Å². The monoisotopic (exact) mass is 351 g/mol. The van der Waals surface area contributed by atoms with Crippen molar-refractivity contribution in [2.45, 2.75) is 17.4 Å². The van der Waals surface area contributed by atoms with E-state index in [9.17, 15) is 0 Å². The molecule has 1 atom stereocenters. The van der Waals surface area contributed by atoms with Crippen LogP contribution in [-0.4, -0.2) is 13.4 Å². The lowest BCUT2D eigenvalue weighted by molar-refractivity contribution is 0.412. The van der Waals surface area contributed by atoms with Crippen molar-refractivity contribution in [2.24, 2.45) is 5.73 Å². The molecule has 2 N–H and O–H groups in total. The maximum Gasteiger partial charge on any atom is 0.133 e. The van der Waals surface area contributed by atoms with Crippen LogP contribution in [0.2, 0.25) is 0 Å². The number of nitrogens with two attached hydrogens (primary N) is 1. The first-order chi connectivity index (χ1) is 9.63. The van der Waals surface area contributed by atoms with Crippen molar-refractivity contribution in [3.05, 3.63) is 58.1 Å². The van der Waals surface area contributed by atoms with Gasteiger partial charge in [-0.2, -0.15) is 0 Å². The van der Waals surface area contributed by atoms with Gasteiger partial charge in [0.25, 0.3) is 0 Å². The Labute approximate surface area is 132 Å². The number of rotatable bonds is 5. The summed E-state index contributed by atoms with van der Waals surface area (Å²) < 4.78 is 6.20. The molecular weight excluding hydrogens is 334 g/mol. The smallest absolute Gasteiger partial charge is 0.133 e. The Morgan fingerprint density at radius 2 is 1.90 bits per heavy atom. The second-order valence-corrected chi connectivity index (χ2v) is 6.29. The first-order valence-corrected chi connectivity index (χ1v) is 8.37. The van der Waals surface area contributed by atoms with Gasteiger partial charge < -0.3 is 10.5 Å². The molecule has 0 aromatic heterocycles. The van der Waals surface area contributed by atoms with Gasteiger partial charge in [0.2, 0.25) is 0 Å². The van der Waals surface area contributed by atoms with Crippen molar-refractivity contribution >= 4 is 27.7 Å². The molecule has 1 unspecified atom stereocenters. The molecule has 0 aliphatic carbocycles. The molecule has 2 aromatic rings. The number of hydrogen-bond acceptors (Lipinski definition) is 3. The Morgan fingerprint density at radius 3 is 2.45 bits per heavy atom. The van der Waals surface area contributed by atoms with E-state index in [-0.39, 0.29) is 6.04 Å². The zero-order chi connectivity index (χ0) is 14.5. The molecule has 0 saturated heterocycles. The van der Waals surface area contributed by atoms with Crippen molar-refractivity contribution in [3.8, 4) is 5.75 Å². The summed E-state index contributed by atoms with van der Waals surface area (Å²) >= 11 is 5.24. The van der Waals surface area contributed by atoms with E-state index in [0.717, 1.165) is 22.2 Å². The van der Waals surface area contributed by atoms with Crippen LogP contribution < -0.4 is 10.5 Å². The molecule has 0 aliphatic rings. The van der Waals surface area contributed by atoms with Gasteiger partial charge in [-0.1, -0.05) is 18.2 Å². The molecular formula is C16H18BrNOS. The van der Waals surface area contributed by atoms with Crippen molar-refractivity contribution in [1.82, 2.24) is 0 Å². The summed E-state index contributed by atoms with van der Waals surface area (Å²) in [6.07, 6.45) is 2.88. The SMILES string of the molecule is COc1ccc(CC(N)c2ccc(SC)cc2)cc1Br. The van der Waals surface area contributed by atoms with Gasteiger partial charge in [-0.25, -0.2) is 0 Å². The highest BCUT2D eigenvalue weighted by Crippen LogP contribution is 2.27. The van der Waals surface area contributed by atoms with Gasteiger partial charge in [0.15, 0.2) is 0 Å². The van der Waals surface area contributed by atoms with E-state index < -0.39 is 0 Å². The van der Waals surface area contributed by atoms with Gasteiger partial charge >= 0.3 is 0 Å². The van der Waals surface area contributed by atoms with E-state index >= 15 is 0 Å². The van der Waals surface area contributed by atoms with Gasteiger partial charge in [-0.3, -0.25) is 0 Å². The number of thioether (sulfide) groups is 1. The van der Waals surface area contributed by atoms with Crippen LogP contribution in [0.25, 0.3) is 0 Å². The average Bonchev–Trinajstić information content (AvgIpc) is 2.47. The van der Waals surface area contributed by atoms with Crippen LogP contribution in [-0.2, 0) is 6.42 Å². The van der Waals surface area contributed by atoms with Crippen molar-refractivity contribution in [3.63, 3.8) is 0 Å². The van der Waals surface area contributed by atoms with Crippen molar-refractivity contribution in [1.29, 1.82) is 0 Å². The van der Waals surface area contributed by atoms with E-state index in [1.165, 1.54) is 10.5 Å². The summed E-state index contributed by atoms with van der Waals surface area (Å²) in [4.78, 5) is 1.26. The summed E-state index contributed by atoms with van der Waals surface area (Å²) in [7, 11) is 1.67. The highest BCUT2D eigenvalue weighted by atomic mass is 79.9. The fourth-order valence-electron chi connectivity index (χ4n) is 2.06. The van der Waals surface area contributed by atoms with E-state index in [4.69, 9.17) is 10.5 Å². The molecule has 0 aliphatic heterocycles. The van der Waals surface area contributed by atoms with Gasteiger partial charge in [0.1, 0.15) is 5.75 Å². The van der Waals surface area contributed by atoms with Crippen LogP contribution in [0.3, 0.4) is 0 Å². The maximum atomic E-state index is 6.29. The molecule has 2 rings (SSSR count). The predicted molar refractivity (Wildman–Crippen MR) is 89.5 cm³/mol. The molecule has 0 fully saturated rings. The van der Waals surface area contributed by atoms with E-state index in [1.54, 1.807) is 18.9 Å². The van der Waals surface area contributed by atoms with E-state index in [1.807, 2.05) is 6.07 Å². The van der Waals surface area contributed by atoms with Crippen LogP contribution in [0, 0.1) is 0 Å². The highest BCUT2D eigenvalue weighted by molar-refractivity contribution is 9.10. The Morgan fingerprint density at radius 1 is 1.20 bits per heavy atom. The molecule has 2 aromatic carbocycles. The standard InChI is InChI=1S/C16H18BrNOS/c1-19-16-8-3-11(9-14(16)17)10-15(18)12-4-6-13(20-2)7-5-12/h3-9,15H,10,18H2,1-2H3. The van der Waals surface area contributed by atoms with Gasteiger partial charge in [-0.15, -0.1) is 11.8 Å². The lowest BCUT2D eigenvalue weighted by atomic mass is 10.00. The largest absolute Gasteiger partial charge is 0.496 e. The third-order valence-corrected chi connectivity index (χ3v) is 4.58. The quantitative estimate of drug-likeness (QED) is 0.809. The van der Waals surface area contributed by atoms with Crippen LogP contribution >= 0.6 is 27.7 Å². The minimum Gasteiger partial charge on any atom is -0.496 e. The topological polar surface area (TPSA) is 35.2 Å². The Bertz CT molecular complexity index is 571. The van der Waals surface area contributed by atoms with Crippen molar-refractivity contribution < 1.29 is 4.74 Å². The fourth-order valence-corrected chi connectivity index (χ4v) is 3.06. The molecule has 106 valence electrons. The number of hydrogen-bond donors (Lipinski definition) is 1. The Balaban J connectivity index is 2.10. The van der Waals surface area contributed by atoms with Crippen LogP contribution in [0.5, 0.6) is 5.75 Å². The molecule has 0 bridgehead atoms. The van der Waals surface area contributed by atoms with E-state index in [2.05, 4.69) is 58.6 Å². The fraction of sp³-hybridized carbons (Fsp3) is 0.250. The summed E-state index contributed by atoms with van der Waals surface area (Å²) in [5.74, 6) is 0.839. The minimum atomic E-state index is 0.00574.